The van der Waals surface area contributed by atoms with Crippen LogP contribution in [-0.2, 0) is 0 Å². The molecule has 1 heterocycles. The number of hydrogen-bond acceptors (Lipinski definition) is 2. The molecule has 3 nitrogen and oxygen atoms in total. The predicted octanol–water partition coefficient (Wildman–Crippen LogP) is 4.01. The van der Waals surface area contributed by atoms with Gasteiger partial charge in [-0.05, 0) is 69.2 Å². The van der Waals surface area contributed by atoms with Crippen molar-refractivity contribution in [3.63, 3.8) is 0 Å². The summed E-state index contributed by atoms with van der Waals surface area (Å²) in [5.74, 6) is -0.122. The summed E-state index contributed by atoms with van der Waals surface area (Å²) in [5.41, 5.74) is 2.34. The molecule has 0 saturated carbocycles. The highest BCUT2D eigenvalue weighted by Gasteiger charge is 2.09. The first-order chi connectivity index (χ1) is 8.58. The molecule has 0 spiro atoms. The first-order valence-electron chi connectivity index (χ1n) is 5.26. The van der Waals surface area contributed by atoms with Crippen LogP contribution in [0.3, 0.4) is 0 Å². The molecule has 1 N–H and O–H groups in total. The minimum Gasteiger partial charge on any atom is -0.321 e. The lowest BCUT2D eigenvalue weighted by Gasteiger charge is -2.07. The van der Waals surface area contributed by atoms with Gasteiger partial charge in [-0.2, -0.15) is 0 Å². The number of nitrogens with zero attached hydrogens (tertiary/aromatic N) is 1. The van der Waals surface area contributed by atoms with Crippen molar-refractivity contribution in [3.8, 4) is 0 Å². The molecule has 0 bridgehead atoms. The molecule has 0 aliphatic rings. The number of aryl methyl sites for hydroxylation is 1. The van der Waals surface area contributed by atoms with E-state index in [2.05, 4.69) is 48.8 Å². The van der Waals surface area contributed by atoms with Gasteiger partial charge in [0.1, 0.15) is 4.60 Å². The Kier molecular flexibility index (Phi) is 4.34. The third-order valence-electron chi connectivity index (χ3n) is 2.39. The van der Waals surface area contributed by atoms with Crippen LogP contribution in [0.1, 0.15) is 15.9 Å². The highest BCUT2D eigenvalue weighted by molar-refractivity contribution is 14.1. The van der Waals surface area contributed by atoms with Crippen LogP contribution in [0, 0.1) is 10.5 Å². The molecule has 1 aromatic carbocycles. The number of benzene rings is 1. The van der Waals surface area contributed by atoms with Gasteiger partial charge in [0, 0.05) is 3.57 Å². The van der Waals surface area contributed by atoms with E-state index in [1.165, 1.54) is 0 Å². The van der Waals surface area contributed by atoms with E-state index in [9.17, 15) is 4.79 Å². The third-order valence-corrected chi connectivity index (χ3v) is 4.16. The quantitative estimate of drug-likeness (QED) is 0.593. The van der Waals surface area contributed by atoms with E-state index in [1.54, 1.807) is 12.3 Å². The lowest BCUT2D eigenvalue weighted by atomic mass is 10.2. The number of pyridine rings is 1. The predicted molar refractivity (Wildman–Crippen MR) is 83.8 cm³/mol. The SMILES string of the molecule is Cc1cc(NC(=O)c2ccccc2I)cnc1Br. The van der Waals surface area contributed by atoms with E-state index in [-0.39, 0.29) is 5.91 Å². The van der Waals surface area contributed by atoms with Crippen molar-refractivity contribution in [2.45, 2.75) is 6.92 Å². The maximum Gasteiger partial charge on any atom is 0.256 e. The second kappa shape index (κ2) is 5.79. The van der Waals surface area contributed by atoms with E-state index in [1.807, 2.05) is 31.2 Å². The largest absolute Gasteiger partial charge is 0.321 e. The van der Waals surface area contributed by atoms with Gasteiger partial charge in [0.05, 0.1) is 17.4 Å². The van der Waals surface area contributed by atoms with Gasteiger partial charge < -0.3 is 5.32 Å². The van der Waals surface area contributed by atoms with Crippen LogP contribution in [-0.4, -0.2) is 10.9 Å². The molecule has 2 rings (SSSR count). The summed E-state index contributed by atoms with van der Waals surface area (Å²) in [4.78, 5) is 16.2. The van der Waals surface area contributed by atoms with E-state index < -0.39 is 0 Å². The van der Waals surface area contributed by atoms with E-state index in [4.69, 9.17) is 0 Å². The van der Waals surface area contributed by atoms with E-state index in [0.717, 1.165) is 13.7 Å². The minimum atomic E-state index is -0.122. The molecule has 0 atom stereocenters. The van der Waals surface area contributed by atoms with Gasteiger partial charge in [0.25, 0.3) is 5.91 Å². The second-order valence-corrected chi connectivity index (χ2v) is 5.68. The zero-order chi connectivity index (χ0) is 13.1. The van der Waals surface area contributed by atoms with Crippen molar-refractivity contribution < 1.29 is 4.79 Å². The Hall–Kier alpha value is -0.950. The number of hydrogen-bond donors (Lipinski definition) is 1. The molecule has 1 aromatic heterocycles. The van der Waals surface area contributed by atoms with Crippen molar-refractivity contribution in [1.29, 1.82) is 0 Å². The fraction of sp³-hybridized carbons (Fsp3) is 0.0769. The maximum atomic E-state index is 12.1. The number of nitrogens with one attached hydrogen (secondary N) is 1. The average molecular weight is 417 g/mol. The average Bonchev–Trinajstić information content (AvgIpc) is 2.34. The van der Waals surface area contributed by atoms with Crippen molar-refractivity contribution in [1.82, 2.24) is 4.98 Å². The summed E-state index contributed by atoms with van der Waals surface area (Å²) in [6, 6.07) is 9.34. The Bertz CT molecular complexity index is 601. The molecule has 1 amide bonds. The lowest BCUT2D eigenvalue weighted by Crippen LogP contribution is -2.13. The number of halogens is 2. The molecule has 5 heteroatoms. The summed E-state index contributed by atoms with van der Waals surface area (Å²) in [6.45, 7) is 1.93. The van der Waals surface area contributed by atoms with Crippen LogP contribution in [0.5, 0.6) is 0 Å². The highest BCUT2D eigenvalue weighted by Crippen LogP contribution is 2.18. The van der Waals surface area contributed by atoms with Crippen molar-refractivity contribution in [3.05, 3.63) is 55.8 Å². The second-order valence-electron chi connectivity index (χ2n) is 3.77. The Morgan fingerprint density at radius 3 is 2.78 bits per heavy atom. The molecule has 0 aliphatic heterocycles. The molecule has 2 aromatic rings. The summed E-state index contributed by atoms with van der Waals surface area (Å²) in [5, 5.41) is 2.84. The van der Waals surface area contributed by atoms with Crippen LogP contribution in [0.15, 0.2) is 41.1 Å². The lowest BCUT2D eigenvalue weighted by molar-refractivity contribution is 0.102. The van der Waals surface area contributed by atoms with Crippen LogP contribution in [0.25, 0.3) is 0 Å². The smallest absolute Gasteiger partial charge is 0.256 e. The molecule has 0 saturated heterocycles. The van der Waals surface area contributed by atoms with Crippen LogP contribution in [0.4, 0.5) is 5.69 Å². The molecular formula is C13H10BrIN2O. The molecule has 92 valence electrons. The standard InChI is InChI=1S/C13H10BrIN2O/c1-8-6-9(7-16-12(8)14)17-13(18)10-4-2-3-5-11(10)15/h2-7H,1H3,(H,17,18). The summed E-state index contributed by atoms with van der Waals surface area (Å²) >= 11 is 5.47. The number of aromatic nitrogens is 1. The minimum absolute atomic E-state index is 0.122. The van der Waals surface area contributed by atoms with Crippen molar-refractivity contribution >= 4 is 50.1 Å². The van der Waals surface area contributed by atoms with Gasteiger partial charge in [-0.1, -0.05) is 12.1 Å². The van der Waals surface area contributed by atoms with Crippen LogP contribution in [0.2, 0.25) is 0 Å². The summed E-state index contributed by atoms with van der Waals surface area (Å²) < 4.78 is 1.71. The number of rotatable bonds is 2. The molecule has 0 aliphatic carbocycles. The van der Waals surface area contributed by atoms with Crippen molar-refractivity contribution in [2.24, 2.45) is 0 Å². The Morgan fingerprint density at radius 2 is 2.11 bits per heavy atom. The van der Waals surface area contributed by atoms with Gasteiger partial charge in [0.2, 0.25) is 0 Å². The molecular weight excluding hydrogens is 407 g/mol. The number of carbonyl (C=O) groups excluding carboxylic acids is 1. The number of carbonyl (C=O) groups is 1. The number of anilines is 1. The highest BCUT2D eigenvalue weighted by atomic mass is 127. The molecule has 18 heavy (non-hydrogen) atoms. The Labute approximate surface area is 127 Å². The summed E-state index contributed by atoms with van der Waals surface area (Å²) in [7, 11) is 0. The zero-order valence-electron chi connectivity index (χ0n) is 9.58. The van der Waals surface area contributed by atoms with Crippen LogP contribution < -0.4 is 5.32 Å². The molecule has 0 radical (unpaired) electrons. The topological polar surface area (TPSA) is 42.0 Å². The van der Waals surface area contributed by atoms with Gasteiger partial charge in [-0.25, -0.2) is 4.98 Å². The fourth-order valence-electron chi connectivity index (χ4n) is 1.47. The zero-order valence-corrected chi connectivity index (χ0v) is 13.3. The maximum absolute atomic E-state index is 12.1. The summed E-state index contributed by atoms with van der Waals surface area (Å²) in [6.07, 6.45) is 1.63. The van der Waals surface area contributed by atoms with Gasteiger partial charge >= 0.3 is 0 Å². The van der Waals surface area contributed by atoms with Gasteiger partial charge in [0.15, 0.2) is 0 Å². The first kappa shape index (κ1) is 13.5. The van der Waals surface area contributed by atoms with Crippen LogP contribution >= 0.6 is 38.5 Å². The Balaban J connectivity index is 2.22. The Morgan fingerprint density at radius 1 is 1.39 bits per heavy atom. The number of amides is 1. The van der Waals surface area contributed by atoms with E-state index >= 15 is 0 Å². The van der Waals surface area contributed by atoms with Crippen molar-refractivity contribution in [2.75, 3.05) is 5.32 Å². The fourth-order valence-corrected chi connectivity index (χ4v) is 2.32. The third kappa shape index (κ3) is 3.08. The normalized spacial score (nSPS) is 10.2. The monoisotopic (exact) mass is 416 g/mol. The van der Waals surface area contributed by atoms with Gasteiger partial charge in [-0.15, -0.1) is 0 Å². The van der Waals surface area contributed by atoms with Gasteiger partial charge in [-0.3, -0.25) is 4.79 Å². The molecule has 0 unspecified atom stereocenters. The molecule has 0 fully saturated rings. The van der Waals surface area contributed by atoms with E-state index in [0.29, 0.717) is 11.3 Å². The first-order valence-corrected chi connectivity index (χ1v) is 7.13.